The van der Waals surface area contributed by atoms with E-state index in [1.807, 2.05) is 19.9 Å². The number of anilines is 2. The van der Waals surface area contributed by atoms with E-state index < -0.39 is 11.7 Å². The molecule has 0 aliphatic carbocycles. The summed E-state index contributed by atoms with van der Waals surface area (Å²) in [5.74, 6) is -1.09. The molecular formula is C26H27ClFN3O. The van der Waals surface area contributed by atoms with Gasteiger partial charge in [-0.25, -0.2) is 4.39 Å². The Morgan fingerprint density at radius 1 is 1.28 bits per heavy atom. The number of aryl methyl sites for hydroxylation is 1. The van der Waals surface area contributed by atoms with Gasteiger partial charge in [0, 0.05) is 34.1 Å². The van der Waals surface area contributed by atoms with Crippen LogP contribution in [0.5, 0.6) is 0 Å². The number of benzene rings is 2. The number of hydrogen-bond acceptors (Lipinski definition) is 3. The lowest BCUT2D eigenvalue weighted by molar-refractivity contribution is -0.112. The van der Waals surface area contributed by atoms with Crippen molar-refractivity contribution >= 4 is 40.5 Å². The first-order valence-corrected chi connectivity index (χ1v) is 11.0. The van der Waals surface area contributed by atoms with Crippen LogP contribution < -0.4 is 10.2 Å². The predicted octanol–water partition coefficient (Wildman–Crippen LogP) is 6.75. The normalized spacial score (nSPS) is 15.0. The molecule has 32 heavy (non-hydrogen) atoms. The van der Waals surface area contributed by atoms with Gasteiger partial charge in [0.2, 0.25) is 0 Å². The van der Waals surface area contributed by atoms with E-state index >= 15 is 4.39 Å². The van der Waals surface area contributed by atoms with Crippen LogP contribution in [0.3, 0.4) is 0 Å². The molecule has 0 radical (unpaired) electrons. The molecule has 0 unspecified atom stereocenters. The van der Waals surface area contributed by atoms with Gasteiger partial charge in [-0.3, -0.25) is 4.79 Å². The van der Waals surface area contributed by atoms with Crippen molar-refractivity contribution in [3.8, 4) is 6.07 Å². The second-order valence-corrected chi connectivity index (χ2v) is 9.04. The van der Waals surface area contributed by atoms with Crippen molar-refractivity contribution < 1.29 is 9.18 Å². The van der Waals surface area contributed by atoms with Crippen molar-refractivity contribution in [2.75, 3.05) is 16.8 Å². The quantitative estimate of drug-likeness (QED) is 0.404. The van der Waals surface area contributed by atoms with Crippen LogP contribution in [-0.2, 0) is 4.79 Å². The summed E-state index contributed by atoms with van der Waals surface area (Å²) in [4.78, 5) is 14.9. The summed E-state index contributed by atoms with van der Waals surface area (Å²) >= 11 is 6.01. The number of carbonyl (C=O) groups is 1. The van der Waals surface area contributed by atoms with Crippen molar-refractivity contribution in [1.29, 1.82) is 5.26 Å². The van der Waals surface area contributed by atoms with Crippen LogP contribution in [0.4, 0.5) is 15.8 Å². The summed E-state index contributed by atoms with van der Waals surface area (Å²) in [6, 6.07) is 10.2. The summed E-state index contributed by atoms with van der Waals surface area (Å²) < 4.78 is 15.1. The molecule has 3 rings (SSSR count). The minimum absolute atomic E-state index is 0.189. The molecule has 0 saturated carbocycles. The van der Waals surface area contributed by atoms with Crippen LogP contribution in [0.1, 0.15) is 50.8 Å². The van der Waals surface area contributed by atoms with Crippen molar-refractivity contribution in [3.05, 3.63) is 69.5 Å². The van der Waals surface area contributed by atoms with Gasteiger partial charge in [0.1, 0.15) is 17.5 Å². The maximum atomic E-state index is 15.1. The maximum absolute atomic E-state index is 15.1. The summed E-state index contributed by atoms with van der Waals surface area (Å²) in [5, 5.41) is 12.7. The molecule has 0 bridgehead atoms. The molecule has 4 nitrogen and oxygen atoms in total. The minimum Gasteiger partial charge on any atom is -0.362 e. The predicted molar refractivity (Wildman–Crippen MR) is 130 cm³/mol. The number of nitrogens with one attached hydrogen (secondary N) is 1. The zero-order valence-corrected chi connectivity index (χ0v) is 19.8. The average molecular weight is 452 g/mol. The lowest BCUT2D eigenvalue weighted by atomic mass is 9.87. The SMILES string of the molecule is CCCN1c2cc(F)c(/C=C(\C#N)C(=O)Nc3cc(Cl)ccc3C)cc2C(C)=CC1(C)C. The smallest absolute Gasteiger partial charge is 0.266 e. The zero-order valence-electron chi connectivity index (χ0n) is 19.0. The van der Waals surface area contributed by atoms with Crippen LogP contribution in [0, 0.1) is 24.1 Å². The van der Waals surface area contributed by atoms with Gasteiger partial charge in [-0.15, -0.1) is 0 Å². The number of fused-ring (bicyclic) bond motifs is 1. The number of carbonyl (C=O) groups excluding carboxylic acids is 1. The van der Waals surface area contributed by atoms with Gasteiger partial charge in [0.15, 0.2) is 0 Å². The Kier molecular flexibility index (Phi) is 6.76. The molecular weight excluding hydrogens is 425 g/mol. The largest absolute Gasteiger partial charge is 0.362 e. The fourth-order valence-corrected chi connectivity index (χ4v) is 4.25. The number of nitriles is 1. The van der Waals surface area contributed by atoms with Gasteiger partial charge in [-0.1, -0.05) is 30.7 Å². The first-order chi connectivity index (χ1) is 15.1. The number of amides is 1. The van der Waals surface area contributed by atoms with Gasteiger partial charge in [0.05, 0.1) is 5.54 Å². The number of halogens is 2. The maximum Gasteiger partial charge on any atom is 0.266 e. The molecule has 0 atom stereocenters. The van der Waals surface area contributed by atoms with Gasteiger partial charge in [-0.05, 0) is 75.6 Å². The molecule has 6 heteroatoms. The third kappa shape index (κ3) is 4.71. The molecule has 0 fully saturated rings. The van der Waals surface area contributed by atoms with Gasteiger partial charge in [0.25, 0.3) is 5.91 Å². The number of hydrogen-bond donors (Lipinski definition) is 1. The molecule has 1 N–H and O–H groups in total. The van der Waals surface area contributed by atoms with E-state index in [0.717, 1.165) is 35.4 Å². The highest BCUT2D eigenvalue weighted by molar-refractivity contribution is 6.31. The molecule has 166 valence electrons. The average Bonchev–Trinajstić information content (AvgIpc) is 2.72. The van der Waals surface area contributed by atoms with Crippen LogP contribution in [-0.4, -0.2) is 18.0 Å². The Morgan fingerprint density at radius 2 is 2.00 bits per heavy atom. The fraction of sp³-hybridized carbons (Fsp3) is 0.308. The Bertz CT molecular complexity index is 1170. The van der Waals surface area contributed by atoms with Gasteiger partial charge >= 0.3 is 0 Å². The highest BCUT2D eigenvalue weighted by atomic mass is 35.5. The highest BCUT2D eigenvalue weighted by Gasteiger charge is 2.31. The summed E-state index contributed by atoms with van der Waals surface area (Å²) in [6.45, 7) is 10.9. The van der Waals surface area contributed by atoms with E-state index in [9.17, 15) is 10.1 Å². The second kappa shape index (κ2) is 9.18. The van der Waals surface area contributed by atoms with E-state index in [2.05, 4.69) is 37.1 Å². The standard InChI is InChI=1S/C26H27ClFN3O/c1-6-9-31-24-13-22(28)18(11-21(24)17(3)14-26(31,4)5)10-19(15-29)25(32)30-23-12-20(27)8-7-16(23)2/h7-8,10-14H,6,9H2,1-5H3,(H,30,32)/b19-10+. The topological polar surface area (TPSA) is 56.1 Å². The molecule has 1 aliphatic heterocycles. The molecule has 1 aliphatic rings. The number of nitrogens with zero attached hydrogens (tertiary/aromatic N) is 2. The van der Waals surface area contributed by atoms with E-state index in [0.29, 0.717) is 10.7 Å². The van der Waals surface area contributed by atoms with Crippen molar-refractivity contribution in [2.24, 2.45) is 0 Å². The molecule has 2 aromatic rings. The van der Waals surface area contributed by atoms with Crippen LogP contribution in [0.15, 0.2) is 42.0 Å². The molecule has 0 aromatic heterocycles. The van der Waals surface area contributed by atoms with Gasteiger partial charge < -0.3 is 10.2 Å². The van der Waals surface area contributed by atoms with Gasteiger partial charge in [-0.2, -0.15) is 5.26 Å². The Morgan fingerprint density at radius 3 is 2.66 bits per heavy atom. The molecule has 0 saturated heterocycles. The second-order valence-electron chi connectivity index (χ2n) is 8.61. The molecule has 0 spiro atoms. The monoisotopic (exact) mass is 451 g/mol. The van der Waals surface area contributed by atoms with Crippen molar-refractivity contribution in [2.45, 2.75) is 46.6 Å². The first-order valence-electron chi connectivity index (χ1n) is 10.6. The summed E-state index contributed by atoms with van der Waals surface area (Å²) in [5.41, 5.74) is 3.84. The third-order valence-corrected chi connectivity index (χ3v) is 5.89. The number of allylic oxidation sites excluding steroid dienone is 1. The van der Waals surface area contributed by atoms with Crippen LogP contribution in [0.2, 0.25) is 5.02 Å². The highest BCUT2D eigenvalue weighted by Crippen LogP contribution is 2.40. The Labute approximate surface area is 194 Å². The fourth-order valence-electron chi connectivity index (χ4n) is 4.08. The summed E-state index contributed by atoms with van der Waals surface area (Å²) in [7, 11) is 0. The Balaban J connectivity index is 2.01. The van der Waals surface area contributed by atoms with Crippen molar-refractivity contribution in [1.82, 2.24) is 0 Å². The lowest BCUT2D eigenvalue weighted by Crippen LogP contribution is -2.45. The third-order valence-electron chi connectivity index (χ3n) is 5.66. The minimum atomic E-state index is -0.615. The van der Waals surface area contributed by atoms with Crippen molar-refractivity contribution in [3.63, 3.8) is 0 Å². The number of rotatable bonds is 5. The van der Waals surface area contributed by atoms with E-state index in [1.165, 1.54) is 12.1 Å². The van der Waals surface area contributed by atoms with E-state index in [4.69, 9.17) is 11.6 Å². The Hall–Kier alpha value is -3.10. The molecule has 1 heterocycles. The molecule has 2 aromatic carbocycles. The van der Waals surface area contributed by atoms with Crippen LogP contribution >= 0.6 is 11.6 Å². The van der Waals surface area contributed by atoms with Crippen LogP contribution in [0.25, 0.3) is 11.6 Å². The lowest BCUT2D eigenvalue weighted by Gasteiger charge is -2.43. The molecule has 1 amide bonds. The van der Waals surface area contributed by atoms with E-state index in [-0.39, 0.29) is 16.7 Å². The summed E-state index contributed by atoms with van der Waals surface area (Å²) in [6.07, 6.45) is 4.39. The zero-order chi connectivity index (χ0) is 23.6. The first kappa shape index (κ1) is 23.6. The van der Waals surface area contributed by atoms with E-state index in [1.54, 1.807) is 24.3 Å².